The Hall–Kier alpha value is -1.51. The molecule has 0 aromatic heterocycles. The normalized spacial score (nSPS) is 10.5. The topological polar surface area (TPSA) is 40.5 Å². The summed E-state index contributed by atoms with van der Waals surface area (Å²) in [4.78, 5) is 13.0. The molecule has 0 amide bonds. The maximum Gasteiger partial charge on any atom is 0.305 e. The molecule has 3 heteroatoms. The van der Waals surface area contributed by atoms with Crippen molar-refractivity contribution < 1.29 is 9.90 Å². The standard InChI is InChI=1S/C17H27NO2/c1-3-4-5-6-9-13-18(14-12-17(19)20)16-11-8-7-10-15(16)2/h7-8,10-11H,3-6,9,12-14H2,1-2H3,(H,19,20). The minimum atomic E-state index is -0.727. The Morgan fingerprint density at radius 1 is 1.10 bits per heavy atom. The molecule has 0 unspecified atom stereocenters. The van der Waals surface area contributed by atoms with Gasteiger partial charge >= 0.3 is 5.97 Å². The number of hydrogen-bond donors (Lipinski definition) is 1. The Morgan fingerprint density at radius 3 is 2.45 bits per heavy atom. The van der Waals surface area contributed by atoms with E-state index in [1.807, 2.05) is 12.1 Å². The fourth-order valence-electron chi connectivity index (χ4n) is 2.41. The lowest BCUT2D eigenvalue weighted by atomic mass is 10.1. The molecule has 0 saturated heterocycles. The number of para-hydroxylation sites is 1. The van der Waals surface area contributed by atoms with Crippen LogP contribution in [0.4, 0.5) is 5.69 Å². The number of carboxylic acids is 1. The van der Waals surface area contributed by atoms with Gasteiger partial charge in [0.2, 0.25) is 0 Å². The summed E-state index contributed by atoms with van der Waals surface area (Å²) < 4.78 is 0. The Morgan fingerprint density at radius 2 is 1.80 bits per heavy atom. The number of carbonyl (C=O) groups is 1. The van der Waals surface area contributed by atoms with E-state index in [2.05, 4.69) is 30.9 Å². The molecule has 0 saturated carbocycles. The summed E-state index contributed by atoms with van der Waals surface area (Å²) in [6, 6.07) is 8.21. The van der Waals surface area contributed by atoms with Gasteiger partial charge in [0.15, 0.2) is 0 Å². The SMILES string of the molecule is CCCCCCCN(CCC(=O)O)c1ccccc1C. The number of benzene rings is 1. The van der Waals surface area contributed by atoms with E-state index in [0.29, 0.717) is 6.54 Å². The van der Waals surface area contributed by atoms with E-state index in [-0.39, 0.29) is 6.42 Å². The molecule has 0 heterocycles. The monoisotopic (exact) mass is 277 g/mol. The maximum absolute atomic E-state index is 10.8. The fourth-order valence-corrected chi connectivity index (χ4v) is 2.41. The van der Waals surface area contributed by atoms with Gasteiger partial charge in [-0.15, -0.1) is 0 Å². The zero-order valence-corrected chi connectivity index (χ0v) is 12.8. The minimum Gasteiger partial charge on any atom is -0.481 e. The summed E-state index contributed by atoms with van der Waals surface area (Å²) in [5.41, 5.74) is 2.38. The van der Waals surface area contributed by atoms with E-state index in [4.69, 9.17) is 5.11 Å². The van der Waals surface area contributed by atoms with Crippen LogP contribution in [0.1, 0.15) is 51.0 Å². The first-order valence-electron chi connectivity index (χ1n) is 7.67. The first kappa shape index (κ1) is 16.5. The molecular weight excluding hydrogens is 250 g/mol. The number of rotatable bonds is 10. The van der Waals surface area contributed by atoms with Gasteiger partial charge in [-0.25, -0.2) is 0 Å². The molecule has 1 aromatic rings. The molecule has 1 rings (SSSR count). The number of carboxylic acid groups (broad SMARTS) is 1. The summed E-state index contributed by atoms with van der Waals surface area (Å²) >= 11 is 0. The van der Waals surface area contributed by atoms with Gasteiger partial charge in [0, 0.05) is 18.8 Å². The van der Waals surface area contributed by atoms with Gasteiger partial charge in [0.05, 0.1) is 6.42 Å². The molecule has 1 N–H and O–H groups in total. The second-order valence-electron chi connectivity index (χ2n) is 5.33. The maximum atomic E-state index is 10.8. The lowest BCUT2D eigenvalue weighted by Crippen LogP contribution is -2.28. The number of hydrogen-bond acceptors (Lipinski definition) is 2. The molecule has 20 heavy (non-hydrogen) atoms. The van der Waals surface area contributed by atoms with Crippen molar-refractivity contribution in [1.29, 1.82) is 0 Å². The van der Waals surface area contributed by atoms with E-state index >= 15 is 0 Å². The number of aryl methyl sites for hydroxylation is 1. The molecule has 112 valence electrons. The van der Waals surface area contributed by atoms with Crippen molar-refractivity contribution >= 4 is 11.7 Å². The van der Waals surface area contributed by atoms with Crippen LogP contribution in [-0.4, -0.2) is 24.2 Å². The highest BCUT2D eigenvalue weighted by Crippen LogP contribution is 2.20. The highest BCUT2D eigenvalue weighted by atomic mass is 16.4. The van der Waals surface area contributed by atoms with Crippen molar-refractivity contribution in [3.8, 4) is 0 Å². The number of unbranched alkanes of at least 4 members (excludes halogenated alkanes) is 4. The third-order valence-corrected chi connectivity index (χ3v) is 3.58. The van der Waals surface area contributed by atoms with Crippen LogP contribution < -0.4 is 4.90 Å². The fraction of sp³-hybridized carbons (Fsp3) is 0.588. The number of aliphatic carboxylic acids is 1. The minimum absolute atomic E-state index is 0.198. The molecule has 3 nitrogen and oxygen atoms in total. The predicted octanol–water partition coefficient (Wildman–Crippen LogP) is 4.25. The van der Waals surface area contributed by atoms with E-state index in [1.54, 1.807) is 0 Å². The summed E-state index contributed by atoms with van der Waals surface area (Å²) in [6.45, 7) is 5.84. The van der Waals surface area contributed by atoms with Gasteiger partial charge < -0.3 is 10.0 Å². The molecule has 0 aliphatic heterocycles. The zero-order chi connectivity index (χ0) is 14.8. The number of nitrogens with zero attached hydrogens (tertiary/aromatic N) is 1. The van der Waals surface area contributed by atoms with E-state index in [9.17, 15) is 4.79 Å². The van der Waals surface area contributed by atoms with Crippen LogP contribution in [0.25, 0.3) is 0 Å². The molecule has 0 aliphatic carbocycles. The van der Waals surface area contributed by atoms with Gasteiger partial charge in [-0.1, -0.05) is 50.8 Å². The Labute approximate surface area is 122 Å². The van der Waals surface area contributed by atoms with Crippen molar-refractivity contribution in [3.05, 3.63) is 29.8 Å². The van der Waals surface area contributed by atoms with Crippen molar-refractivity contribution in [1.82, 2.24) is 0 Å². The molecule has 1 aromatic carbocycles. The highest BCUT2D eigenvalue weighted by Gasteiger charge is 2.10. The molecule has 0 fully saturated rings. The second kappa shape index (κ2) is 9.40. The van der Waals surface area contributed by atoms with Gasteiger partial charge in [-0.3, -0.25) is 4.79 Å². The average Bonchev–Trinajstić information content (AvgIpc) is 2.43. The summed E-state index contributed by atoms with van der Waals surface area (Å²) in [7, 11) is 0. The van der Waals surface area contributed by atoms with E-state index in [0.717, 1.165) is 13.0 Å². The summed E-state index contributed by atoms with van der Waals surface area (Å²) in [5.74, 6) is -0.727. The first-order chi connectivity index (χ1) is 9.65. The Kier molecular flexibility index (Phi) is 7.78. The van der Waals surface area contributed by atoms with Crippen LogP contribution in [0, 0.1) is 6.92 Å². The van der Waals surface area contributed by atoms with E-state index < -0.39 is 5.97 Å². The summed E-state index contributed by atoms with van der Waals surface area (Å²) in [5, 5.41) is 8.89. The summed E-state index contributed by atoms with van der Waals surface area (Å²) in [6.07, 6.45) is 6.37. The van der Waals surface area contributed by atoms with Crippen LogP contribution in [0.2, 0.25) is 0 Å². The van der Waals surface area contributed by atoms with Gasteiger partial charge in [-0.2, -0.15) is 0 Å². The van der Waals surface area contributed by atoms with E-state index in [1.165, 1.54) is 36.9 Å². The molecular formula is C17H27NO2. The smallest absolute Gasteiger partial charge is 0.305 e. The Balaban J connectivity index is 2.56. The second-order valence-corrected chi connectivity index (χ2v) is 5.33. The quantitative estimate of drug-likeness (QED) is 0.650. The largest absolute Gasteiger partial charge is 0.481 e. The van der Waals surface area contributed by atoms with Gasteiger partial charge in [-0.05, 0) is 25.0 Å². The molecule has 0 spiro atoms. The number of anilines is 1. The van der Waals surface area contributed by atoms with Crippen LogP contribution >= 0.6 is 0 Å². The van der Waals surface area contributed by atoms with Gasteiger partial charge in [0.25, 0.3) is 0 Å². The van der Waals surface area contributed by atoms with Gasteiger partial charge in [0.1, 0.15) is 0 Å². The van der Waals surface area contributed by atoms with Crippen LogP contribution in [0.15, 0.2) is 24.3 Å². The lowest BCUT2D eigenvalue weighted by Gasteiger charge is -2.26. The van der Waals surface area contributed by atoms with Crippen LogP contribution in [-0.2, 0) is 4.79 Å². The lowest BCUT2D eigenvalue weighted by molar-refractivity contribution is -0.136. The first-order valence-corrected chi connectivity index (χ1v) is 7.67. The van der Waals surface area contributed by atoms with Crippen molar-refractivity contribution in [2.24, 2.45) is 0 Å². The molecule has 0 radical (unpaired) electrons. The third kappa shape index (κ3) is 6.09. The average molecular weight is 277 g/mol. The van der Waals surface area contributed by atoms with Crippen molar-refractivity contribution in [3.63, 3.8) is 0 Å². The zero-order valence-electron chi connectivity index (χ0n) is 12.8. The highest BCUT2D eigenvalue weighted by molar-refractivity contribution is 5.68. The Bertz CT molecular complexity index is 404. The predicted molar refractivity (Wildman–Crippen MR) is 84.4 cm³/mol. The van der Waals surface area contributed by atoms with Crippen LogP contribution in [0.3, 0.4) is 0 Å². The van der Waals surface area contributed by atoms with Crippen molar-refractivity contribution in [2.45, 2.75) is 52.4 Å². The van der Waals surface area contributed by atoms with Crippen molar-refractivity contribution in [2.75, 3.05) is 18.0 Å². The molecule has 0 atom stereocenters. The molecule has 0 aliphatic rings. The van der Waals surface area contributed by atoms with Crippen LogP contribution in [0.5, 0.6) is 0 Å². The molecule has 0 bridgehead atoms. The third-order valence-electron chi connectivity index (χ3n) is 3.58.